The van der Waals surface area contributed by atoms with Gasteiger partial charge in [-0.1, -0.05) is 19.1 Å². The lowest BCUT2D eigenvalue weighted by Crippen LogP contribution is -2.22. The lowest BCUT2D eigenvalue weighted by Gasteiger charge is -2.15. The van der Waals surface area contributed by atoms with Gasteiger partial charge < -0.3 is 10.1 Å². The van der Waals surface area contributed by atoms with Gasteiger partial charge in [-0.3, -0.25) is 0 Å². The molecule has 0 radical (unpaired) electrons. The maximum absolute atomic E-state index is 11.7. The molecule has 1 aromatic rings. The normalized spacial score (nSPS) is 13.4. The van der Waals surface area contributed by atoms with Gasteiger partial charge in [-0.05, 0) is 45.0 Å². The molecule has 0 amide bonds. The topological polar surface area (TPSA) is 55.4 Å². The van der Waals surface area contributed by atoms with Crippen molar-refractivity contribution in [2.45, 2.75) is 38.5 Å². The SMILES string of the molecule is CCC(NC)c1ccc(OCCS(=O)(=O)C(C)C)cc1. The van der Waals surface area contributed by atoms with E-state index in [0.29, 0.717) is 11.8 Å². The predicted octanol–water partition coefficient (Wildman–Crippen LogP) is 2.56. The molecule has 1 aromatic carbocycles. The quantitative estimate of drug-likeness (QED) is 0.801. The van der Waals surface area contributed by atoms with E-state index in [-0.39, 0.29) is 17.6 Å². The summed E-state index contributed by atoms with van der Waals surface area (Å²) < 4.78 is 28.8. The van der Waals surface area contributed by atoms with Crippen LogP contribution in [0.1, 0.15) is 38.8 Å². The first-order valence-corrected chi connectivity index (χ1v) is 8.73. The Kier molecular flexibility index (Phi) is 6.49. The van der Waals surface area contributed by atoms with Gasteiger partial charge in [0.25, 0.3) is 0 Å². The van der Waals surface area contributed by atoms with Gasteiger partial charge in [-0.2, -0.15) is 0 Å². The fourth-order valence-corrected chi connectivity index (χ4v) is 2.70. The lowest BCUT2D eigenvalue weighted by atomic mass is 10.1. The van der Waals surface area contributed by atoms with Crippen LogP contribution < -0.4 is 10.1 Å². The molecule has 0 heterocycles. The summed E-state index contributed by atoms with van der Waals surface area (Å²) in [6, 6.07) is 8.13. The monoisotopic (exact) mass is 299 g/mol. The average molecular weight is 299 g/mol. The van der Waals surface area contributed by atoms with Crippen LogP contribution in [0, 0.1) is 0 Å². The molecule has 0 saturated carbocycles. The summed E-state index contributed by atoms with van der Waals surface area (Å²) in [7, 11) is -1.09. The molecule has 0 spiro atoms. The second kappa shape index (κ2) is 7.64. The molecule has 0 aromatic heterocycles. The van der Waals surface area contributed by atoms with E-state index in [9.17, 15) is 8.42 Å². The molecule has 0 fully saturated rings. The summed E-state index contributed by atoms with van der Waals surface area (Å²) in [4.78, 5) is 0. The van der Waals surface area contributed by atoms with E-state index >= 15 is 0 Å². The number of hydrogen-bond acceptors (Lipinski definition) is 4. The molecule has 1 unspecified atom stereocenters. The van der Waals surface area contributed by atoms with E-state index in [1.807, 2.05) is 31.3 Å². The predicted molar refractivity (Wildman–Crippen MR) is 83.0 cm³/mol. The van der Waals surface area contributed by atoms with Gasteiger partial charge in [0, 0.05) is 6.04 Å². The van der Waals surface area contributed by atoms with E-state index in [1.165, 1.54) is 5.56 Å². The average Bonchev–Trinajstić information content (AvgIpc) is 2.41. The van der Waals surface area contributed by atoms with Crippen molar-refractivity contribution in [3.05, 3.63) is 29.8 Å². The van der Waals surface area contributed by atoms with E-state index in [4.69, 9.17) is 4.74 Å². The van der Waals surface area contributed by atoms with Crippen LogP contribution in [0.2, 0.25) is 0 Å². The van der Waals surface area contributed by atoms with E-state index in [0.717, 1.165) is 6.42 Å². The summed E-state index contributed by atoms with van der Waals surface area (Å²) in [5.74, 6) is 0.763. The van der Waals surface area contributed by atoms with E-state index in [1.54, 1.807) is 13.8 Å². The van der Waals surface area contributed by atoms with E-state index in [2.05, 4.69) is 12.2 Å². The van der Waals surface area contributed by atoms with Crippen molar-refractivity contribution in [2.75, 3.05) is 19.4 Å². The maximum atomic E-state index is 11.7. The van der Waals surface area contributed by atoms with Crippen LogP contribution in [0.5, 0.6) is 5.75 Å². The Morgan fingerprint density at radius 3 is 2.25 bits per heavy atom. The Morgan fingerprint density at radius 2 is 1.80 bits per heavy atom. The van der Waals surface area contributed by atoms with Crippen LogP contribution in [-0.2, 0) is 9.84 Å². The third-order valence-electron chi connectivity index (χ3n) is 3.39. The highest BCUT2D eigenvalue weighted by Crippen LogP contribution is 2.19. The molecule has 0 aliphatic rings. The Bertz CT molecular complexity index is 490. The molecule has 4 nitrogen and oxygen atoms in total. The second-order valence-corrected chi connectivity index (χ2v) is 7.76. The highest BCUT2D eigenvalue weighted by atomic mass is 32.2. The van der Waals surface area contributed by atoms with Crippen LogP contribution in [0.4, 0.5) is 0 Å². The zero-order valence-electron chi connectivity index (χ0n) is 12.7. The minimum Gasteiger partial charge on any atom is -0.493 e. The van der Waals surface area contributed by atoms with Crippen LogP contribution in [0.15, 0.2) is 24.3 Å². The number of ether oxygens (including phenoxy) is 1. The first kappa shape index (κ1) is 17.0. The molecule has 0 aliphatic heterocycles. The van der Waals surface area contributed by atoms with Gasteiger partial charge >= 0.3 is 0 Å². The van der Waals surface area contributed by atoms with Crippen molar-refractivity contribution in [3.63, 3.8) is 0 Å². The molecule has 1 N–H and O–H groups in total. The fraction of sp³-hybridized carbons (Fsp3) is 0.600. The maximum Gasteiger partial charge on any atom is 0.155 e. The molecule has 114 valence electrons. The van der Waals surface area contributed by atoms with Crippen molar-refractivity contribution >= 4 is 9.84 Å². The Labute approximate surface area is 122 Å². The van der Waals surface area contributed by atoms with Crippen molar-refractivity contribution in [1.82, 2.24) is 5.32 Å². The number of benzene rings is 1. The first-order valence-electron chi connectivity index (χ1n) is 7.02. The van der Waals surface area contributed by atoms with Crippen molar-refractivity contribution < 1.29 is 13.2 Å². The highest BCUT2D eigenvalue weighted by Gasteiger charge is 2.15. The van der Waals surface area contributed by atoms with Crippen LogP contribution in [0.25, 0.3) is 0 Å². The molecule has 5 heteroatoms. The molecule has 1 atom stereocenters. The van der Waals surface area contributed by atoms with Gasteiger partial charge in [0.15, 0.2) is 9.84 Å². The van der Waals surface area contributed by atoms with Crippen molar-refractivity contribution in [2.24, 2.45) is 0 Å². The van der Waals surface area contributed by atoms with Gasteiger partial charge in [-0.25, -0.2) is 8.42 Å². The standard InChI is InChI=1S/C15H25NO3S/c1-5-15(16-4)13-6-8-14(9-7-13)19-10-11-20(17,18)12(2)3/h6-9,12,15-16H,5,10-11H2,1-4H3. The molecule has 20 heavy (non-hydrogen) atoms. The largest absolute Gasteiger partial charge is 0.493 e. The van der Waals surface area contributed by atoms with Crippen LogP contribution in [0.3, 0.4) is 0 Å². The zero-order valence-corrected chi connectivity index (χ0v) is 13.5. The third-order valence-corrected chi connectivity index (χ3v) is 5.57. The molecular formula is C15H25NO3S. The third kappa shape index (κ3) is 4.80. The highest BCUT2D eigenvalue weighted by molar-refractivity contribution is 7.91. The molecule has 0 saturated heterocycles. The number of sulfone groups is 1. The zero-order chi connectivity index (χ0) is 15.2. The Morgan fingerprint density at radius 1 is 1.20 bits per heavy atom. The van der Waals surface area contributed by atoms with Crippen LogP contribution >= 0.6 is 0 Å². The van der Waals surface area contributed by atoms with Crippen molar-refractivity contribution in [1.29, 1.82) is 0 Å². The molecular weight excluding hydrogens is 274 g/mol. The fourth-order valence-electron chi connectivity index (χ4n) is 1.91. The summed E-state index contributed by atoms with van der Waals surface area (Å²) in [6.45, 7) is 5.70. The van der Waals surface area contributed by atoms with Gasteiger partial charge in [0.05, 0.1) is 11.0 Å². The Hall–Kier alpha value is -1.07. The van der Waals surface area contributed by atoms with Crippen molar-refractivity contribution in [3.8, 4) is 5.75 Å². The van der Waals surface area contributed by atoms with Gasteiger partial charge in [0.1, 0.15) is 12.4 Å². The van der Waals surface area contributed by atoms with Gasteiger partial charge in [0.2, 0.25) is 0 Å². The van der Waals surface area contributed by atoms with Gasteiger partial charge in [-0.15, -0.1) is 0 Å². The lowest BCUT2D eigenvalue weighted by molar-refractivity contribution is 0.340. The minimum absolute atomic E-state index is 0.0561. The van der Waals surface area contributed by atoms with E-state index < -0.39 is 9.84 Å². The number of rotatable bonds is 8. The summed E-state index contributed by atoms with van der Waals surface area (Å²) in [5.41, 5.74) is 1.21. The summed E-state index contributed by atoms with van der Waals surface area (Å²) in [5, 5.41) is 2.89. The number of hydrogen-bond donors (Lipinski definition) is 1. The molecule has 0 bridgehead atoms. The first-order chi connectivity index (χ1) is 9.40. The molecule has 1 rings (SSSR count). The second-order valence-electron chi connectivity index (χ2n) is 5.08. The Balaban J connectivity index is 2.54. The summed E-state index contributed by atoms with van der Waals surface area (Å²) in [6.07, 6.45) is 1.02. The minimum atomic E-state index is -3.03. The molecule has 0 aliphatic carbocycles. The smallest absolute Gasteiger partial charge is 0.155 e. The number of nitrogens with one attached hydrogen (secondary N) is 1. The summed E-state index contributed by atoms with van der Waals surface area (Å²) >= 11 is 0. The van der Waals surface area contributed by atoms with Crippen LogP contribution in [-0.4, -0.2) is 33.1 Å².